The van der Waals surface area contributed by atoms with E-state index in [1.165, 1.54) is 0 Å². The average Bonchev–Trinajstić information content (AvgIpc) is 2.80. The molecule has 0 aliphatic heterocycles. The molecule has 0 aliphatic carbocycles. The van der Waals surface area contributed by atoms with Crippen molar-refractivity contribution in [2.24, 2.45) is 0 Å². The Hall–Kier alpha value is -2.15. The van der Waals surface area contributed by atoms with Gasteiger partial charge in [0, 0.05) is 0 Å². The van der Waals surface area contributed by atoms with Crippen LogP contribution in [0.3, 0.4) is 0 Å². The molecule has 21 heavy (non-hydrogen) atoms. The van der Waals surface area contributed by atoms with Crippen molar-refractivity contribution in [3.63, 3.8) is 0 Å². The zero-order valence-electron chi connectivity index (χ0n) is 10.5. The van der Waals surface area contributed by atoms with Crippen LogP contribution in [-0.2, 0) is 12.7 Å². The van der Waals surface area contributed by atoms with E-state index < -0.39 is 12.0 Å². The quantitative estimate of drug-likeness (QED) is 0.680. The number of halogens is 4. The highest BCUT2D eigenvalue weighted by Crippen LogP contribution is 2.32. The second kappa shape index (κ2) is 5.00. The average molecular weight is 313 g/mol. The molecule has 0 fully saturated rings. The Kier molecular flexibility index (Phi) is 3.29. The normalized spacial score (nSPS) is 12.0. The number of aromatic nitrogens is 4. The first-order valence-corrected chi connectivity index (χ1v) is 6.32. The molecule has 0 radical (unpaired) electrons. The van der Waals surface area contributed by atoms with Crippen molar-refractivity contribution in [2.45, 2.75) is 12.7 Å². The van der Waals surface area contributed by atoms with Crippen LogP contribution in [0, 0.1) is 0 Å². The van der Waals surface area contributed by atoms with Crippen molar-refractivity contribution in [1.82, 2.24) is 19.5 Å². The third-order valence-corrected chi connectivity index (χ3v) is 3.20. The van der Waals surface area contributed by atoms with Crippen molar-refractivity contribution in [2.75, 3.05) is 0 Å². The van der Waals surface area contributed by atoms with Crippen molar-refractivity contribution in [1.29, 1.82) is 0 Å². The number of alkyl halides is 3. The number of hydrogen-bond donors (Lipinski definition) is 0. The van der Waals surface area contributed by atoms with Gasteiger partial charge in [0.25, 0.3) is 0 Å². The maximum absolute atomic E-state index is 13.1. The van der Waals surface area contributed by atoms with Crippen LogP contribution in [0.2, 0.25) is 5.15 Å². The fourth-order valence-corrected chi connectivity index (χ4v) is 2.21. The van der Waals surface area contributed by atoms with Crippen LogP contribution in [0.1, 0.15) is 11.4 Å². The summed E-state index contributed by atoms with van der Waals surface area (Å²) in [4.78, 5) is 11.1. The first kappa shape index (κ1) is 13.8. The largest absolute Gasteiger partial charge is 0.449 e. The van der Waals surface area contributed by atoms with E-state index in [1.54, 1.807) is 30.3 Å². The lowest BCUT2D eigenvalue weighted by molar-refractivity contribution is -0.146. The van der Waals surface area contributed by atoms with E-state index in [0.717, 1.165) is 10.9 Å². The molecule has 0 spiro atoms. The predicted octanol–water partition coefficient (Wildman–Crippen LogP) is 3.55. The monoisotopic (exact) mass is 312 g/mol. The summed E-state index contributed by atoms with van der Waals surface area (Å²) < 4.78 is 40.4. The zero-order valence-corrected chi connectivity index (χ0v) is 11.2. The SMILES string of the molecule is FC(F)(F)c1nc2c(Cl)ncnc2n1Cc1ccccc1. The first-order chi connectivity index (χ1) is 9.97. The summed E-state index contributed by atoms with van der Waals surface area (Å²) in [5, 5.41) is -0.0997. The van der Waals surface area contributed by atoms with Crippen LogP contribution in [0.5, 0.6) is 0 Å². The van der Waals surface area contributed by atoms with E-state index in [0.29, 0.717) is 5.56 Å². The van der Waals surface area contributed by atoms with Crippen LogP contribution in [0.4, 0.5) is 13.2 Å². The molecule has 0 aliphatic rings. The molecule has 0 bridgehead atoms. The highest BCUT2D eigenvalue weighted by molar-refractivity contribution is 6.33. The molecule has 4 nitrogen and oxygen atoms in total. The van der Waals surface area contributed by atoms with Gasteiger partial charge in [0.15, 0.2) is 10.8 Å². The van der Waals surface area contributed by atoms with Gasteiger partial charge >= 0.3 is 6.18 Å². The summed E-state index contributed by atoms with van der Waals surface area (Å²) in [6.07, 6.45) is -3.48. The molecule has 0 saturated heterocycles. The van der Waals surface area contributed by atoms with Crippen molar-refractivity contribution < 1.29 is 13.2 Å². The molecule has 0 amide bonds. The third-order valence-electron chi connectivity index (χ3n) is 2.92. The maximum Gasteiger partial charge on any atom is 0.449 e. The van der Waals surface area contributed by atoms with Gasteiger partial charge < -0.3 is 4.57 Å². The van der Waals surface area contributed by atoms with Gasteiger partial charge in [-0.05, 0) is 5.56 Å². The van der Waals surface area contributed by atoms with Crippen LogP contribution >= 0.6 is 11.6 Å². The minimum absolute atomic E-state index is 0.000471. The summed E-state index contributed by atoms with van der Waals surface area (Å²) in [6, 6.07) is 8.76. The van der Waals surface area contributed by atoms with Gasteiger partial charge in [-0.1, -0.05) is 41.9 Å². The van der Waals surface area contributed by atoms with E-state index in [4.69, 9.17) is 11.6 Å². The molecule has 3 aromatic rings. The Labute approximate surface area is 122 Å². The highest BCUT2D eigenvalue weighted by atomic mass is 35.5. The van der Waals surface area contributed by atoms with Gasteiger partial charge in [0.2, 0.25) is 5.82 Å². The molecule has 0 atom stereocenters. The van der Waals surface area contributed by atoms with E-state index in [-0.39, 0.29) is 22.9 Å². The first-order valence-electron chi connectivity index (χ1n) is 5.94. The van der Waals surface area contributed by atoms with E-state index in [2.05, 4.69) is 15.0 Å². The number of imidazole rings is 1. The molecular weight excluding hydrogens is 305 g/mol. The van der Waals surface area contributed by atoms with Gasteiger partial charge in [-0.25, -0.2) is 15.0 Å². The number of rotatable bonds is 2. The maximum atomic E-state index is 13.1. The lowest BCUT2D eigenvalue weighted by atomic mass is 10.2. The molecule has 8 heteroatoms. The van der Waals surface area contributed by atoms with E-state index in [9.17, 15) is 13.2 Å². The smallest absolute Gasteiger partial charge is 0.300 e. The Balaban J connectivity index is 2.21. The minimum Gasteiger partial charge on any atom is -0.300 e. The second-order valence-electron chi connectivity index (χ2n) is 4.34. The lowest BCUT2D eigenvalue weighted by Gasteiger charge is -2.10. The molecule has 1 aromatic carbocycles. The molecule has 2 heterocycles. The van der Waals surface area contributed by atoms with Gasteiger partial charge in [0.05, 0.1) is 6.54 Å². The molecule has 2 aromatic heterocycles. The predicted molar refractivity (Wildman–Crippen MR) is 70.9 cm³/mol. The van der Waals surface area contributed by atoms with Crippen LogP contribution < -0.4 is 0 Å². The topological polar surface area (TPSA) is 43.6 Å². The zero-order chi connectivity index (χ0) is 15.0. The van der Waals surface area contributed by atoms with E-state index in [1.807, 2.05) is 0 Å². The molecule has 0 saturated carbocycles. The third kappa shape index (κ3) is 2.56. The van der Waals surface area contributed by atoms with Gasteiger partial charge in [-0.15, -0.1) is 0 Å². The Morgan fingerprint density at radius 1 is 1.10 bits per heavy atom. The van der Waals surface area contributed by atoms with E-state index >= 15 is 0 Å². The Morgan fingerprint density at radius 2 is 1.81 bits per heavy atom. The van der Waals surface area contributed by atoms with Gasteiger partial charge in [0.1, 0.15) is 11.8 Å². The summed E-state index contributed by atoms with van der Waals surface area (Å²) in [7, 11) is 0. The fourth-order valence-electron chi connectivity index (χ4n) is 2.04. The minimum atomic E-state index is -4.60. The van der Waals surface area contributed by atoms with Gasteiger partial charge in [-0.3, -0.25) is 0 Å². The van der Waals surface area contributed by atoms with Crippen LogP contribution in [-0.4, -0.2) is 19.5 Å². The Morgan fingerprint density at radius 3 is 2.48 bits per heavy atom. The van der Waals surface area contributed by atoms with Crippen molar-refractivity contribution in [3.05, 3.63) is 53.2 Å². The standard InChI is InChI=1S/C13H8ClF3N4/c14-10-9-11(19-7-18-10)21(12(20-9)13(15,16)17)6-8-4-2-1-3-5-8/h1-5,7H,6H2. The van der Waals surface area contributed by atoms with Crippen LogP contribution in [0.15, 0.2) is 36.7 Å². The molecular formula is C13H8ClF3N4. The molecule has 108 valence electrons. The number of hydrogen-bond acceptors (Lipinski definition) is 3. The summed E-state index contributed by atoms with van der Waals surface area (Å²) in [6.45, 7) is -0.000471. The summed E-state index contributed by atoms with van der Waals surface area (Å²) >= 11 is 5.80. The lowest BCUT2D eigenvalue weighted by Crippen LogP contribution is -2.15. The second-order valence-corrected chi connectivity index (χ2v) is 4.70. The highest BCUT2D eigenvalue weighted by Gasteiger charge is 2.38. The van der Waals surface area contributed by atoms with Gasteiger partial charge in [-0.2, -0.15) is 13.2 Å². The number of fused-ring (bicyclic) bond motifs is 1. The van der Waals surface area contributed by atoms with Crippen molar-refractivity contribution in [3.8, 4) is 0 Å². The Bertz CT molecular complexity index is 783. The summed E-state index contributed by atoms with van der Waals surface area (Å²) in [5.41, 5.74) is 0.714. The fraction of sp³-hybridized carbons (Fsp3) is 0.154. The van der Waals surface area contributed by atoms with Crippen LogP contribution in [0.25, 0.3) is 11.2 Å². The number of nitrogens with zero attached hydrogens (tertiary/aromatic N) is 4. The summed E-state index contributed by atoms with van der Waals surface area (Å²) in [5.74, 6) is -1.04. The molecule has 0 unspecified atom stereocenters. The van der Waals surface area contributed by atoms with Crippen molar-refractivity contribution >= 4 is 22.8 Å². The molecule has 0 N–H and O–H groups in total. The number of benzene rings is 1. The molecule has 3 rings (SSSR count).